The van der Waals surface area contributed by atoms with Crippen LogP contribution in [0.2, 0.25) is 0 Å². The number of amides is 2. The number of rotatable bonds is 7. The Hall–Kier alpha value is -4.19. The van der Waals surface area contributed by atoms with Crippen LogP contribution < -0.4 is 15.4 Å². The van der Waals surface area contributed by atoms with Crippen molar-refractivity contribution in [2.24, 2.45) is 0 Å². The van der Waals surface area contributed by atoms with E-state index in [0.29, 0.717) is 5.56 Å². The molecule has 4 rings (SSSR count). The van der Waals surface area contributed by atoms with Crippen molar-refractivity contribution in [1.82, 2.24) is 5.32 Å². The molecule has 5 nitrogen and oxygen atoms in total. The summed E-state index contributed by atoms with van der Waals surface area (Å²) >= 11 is 0. The van der Waals surface area contributed by atoms with Crippen LogP contribution >= 0.6 is 0 Å². The molecule has 0 spiro atoms. The number of benzene rings is 4. The van der Waals surface area contributed by atoms with Gasteiger partial charge in [-0.05, 0) is 53.6 Å². The van der Waals surface area contributed by atoms with Gasteiger partial charge in [-0.3, -0.25) is 9.59 Å². The summed E-state index contributed by atoms with van der Waals surface area (Å²) in [6.07, 6.45) is 0. The van der Waals surface area contributed by atoms with Gasteiger partial charge in [-0.1, -0.05) is 60.7 Å². The maximum Gasteiger partial charge on any atom is 0.262 e. The molecular weight excluding hydrogens is 419 g/mol. The smallest absolute Gasteiger partial charge is 0.262 e. The van der Waals surface area contributed by atoms with Gasteiger partial charge >= 0.3 is 0 Å². The number of hydrogen-bond acceptors (Lipinski definition) is 3. The van der Waals surface area contributed by atoms with Gasteiger partial charge in [-0.15, -0.1) is 0 Å². The van der Waals surface area contributed by atoms with Crippen molar-refractivity contribution in [1.29, 1.82) is 0 Å². The molecular formula is C27H23FN2O3. The standard InChI is InChI=1S/C27H23FN2O3/c1-18(20-15-14-19-8-2-3-9-21(19)16-20)29-27(32)22-10-4-7-13-25(22)33-17-26(31)30-24-12-6-5-11-23(24)28/h2-16,18H,17H2,1H3,(H,29,32)(H,30,31). The number of para-hydroxylation sites is 2. The maximum atomic E-state index is 13.7. The summed E-state index contributed by atoms with van der Waals surface area (Å²) in [6, 6.07) is 26.4. The number of nitrogens with one attached hydrogen (secondary N) is 2. The lowest BCUT2D eigenvalue weighted by atomic mass is 10.0. The zero-order valence-corrected chi connectivity index (χ0v) is 18.0. The summed E-state index contributed by atoms with van der Waals surface area (Å²) in [7, 11) is 0. The molecule has 0 saturated carbocycles. The first-order valence-electron chi connectivity index (χ1n) is 10.6. The van der Waals surface area contributed by atoms with Crippen LogP contribution in [0.5, 0.6) is 5.75 Å². The third-order valence-electron chi connectivity index (χ3n) is 5.26. The van der Waals surface area contributed by atoms with Gasteiger partial charge in [0, 0.05) is 0 Å². The predicted molar refractivity (Wildman–Crippen MR) is 127 cm³/mol. The van der Waals surface area contributed by atoms with Gasteiger partial charge in [0.2, 0.25) is 0 Å². The van der Waals surface area contributed by atoms with Crippen LogP contribution in [0.15, 0.2) is 91.0 Å². The SMILES string of the molecule is CC(NC(=O)c1ccccc1OCC(=O)Nc1ccccc1F)c1ccc2ccccc2c1. The van der Waals surface area contributed by atoms with Gasteiger partial charge in [0.1, 0.15) is 11.6 Å². The normalized spacial score (nSPS) is 11.6. The van der Waals surface area contributed by atoms with Crippen molar-refractivity contribution in [2.45, 2.75) is 13.0 Å². The van der Waals surface area contributed by atoms with E-state index < -0.39 is 11.7 Å². The number of fused-ring (bicyclic) bond motifs is 1. The highest BCUT2D eigenvalue weighted by Crippen LogP contribution is 2.23. The average Bonchev–Trinajstić information content (AvgIpc) is 2.84. The Morgan fingerprint density at radius 1 is 0.879 bits per heavy atom. The summed E-state index contributed by atoms with van der Waals surface area (Å²) in [4.78, 5) is 25.1. The Kier molecular flexibility index (Phi) is 6.64. The Morgan fingerprint density at radius 3 is 2.39 bits per heavy atom. The second-order valence-corrected chi connectivity index (χ2v) is 7.61. The Labute approximate surface area is 191 Å². The highest BCUT2D eigenvalue weighted by molar-refractivity contribution is 5.97. The minimum atomic E-state index is -0.534. The molecule has 1 atom stereocenters. The third kappa shape index (κ3) is 5.36. The highest BCUT2D eigenvalue weighted by atomic mass is 19.1. The minimum absolute atomic E-state index is 0.0707. The molecule has 6 heteroatoms. The van der Waals surface area contributed by atoms with Crippen molar-refractivity contribution in [3.05, 3.63) is 108 Å². The van der Waals surface area contributed by atoms with Crippen LogP contribution in [0.1, 0.15) is 28.9 Å². The van der Waals surface area contributed by atoms with Gasteiger partial charge in [-0.2, -0.15) is 0 Å². The number of carbonyl (C=O) groups is 2. The van der Waals surface area contributed by atoms with Crippen molar-refractivity contribution >= 4 is 28.3 Å². The van der Waals surface area contributed by atoms with E-state index in [2.05, 4.69) is 16.7 Å². The van der Waals surface area contributed by atoms with Crippen LogP contribution in [0.25, 0.3) is 10.8 Å². The molecule has 0 saturated heterocycles. The average molecular weight is 442 g/mol. The topological polar surface area (TPSA) is 67.4 Å². The molecule has 0 radical (unpaired) electrons. The van der Waals surface area contributed by atoms with E-state index in [-0.39, 0.29) is 30.0 Å². The third-order valence-corrected chi connectivity index (χ3v) is 5.26. The van der Waals surface area contributed by atoms with E-state index in [1.54, 1.807) is 30.3 Å². The molecule has 2 N–H and O–H groups in total. The van der Waals surface area contributed by atoms with E-state index in [0.717, 1.165) is 16.3 Å². The van der Waals surface area contributed by atoms with E-state index in [1.807, 2.05) is 43.3 Å². The molecule has 0 bridgehead atoms. The van der Waals surface area contributed by atoms with Gasteiger partial charge in [0.25, 0.3) is 11.8 Å². The first kappa shape index (κ1) is 22.0. The van der Waals surface area contributed by atoms with Crippen molar-refractivity contribution in [3.63, 3.8) is 0 Å². The van der Waals surface area contributed by atoms with Crippen LogP contribution in [-0.4, -0.2) is 18.4 Å². The van der Waals surface area contributed by atoms with E-state index in [4.69, 9.17) is 4.74 Å². The number of halogens is 1. The largest absolute Gasteiger partial charge is 0.483 e. The zero-order chi connectivity index (χ0) is 23.2. The van der Waals surface area contributed by atoms with E-state index in [9.17, 15) is 14.0 Å². The molecule has 0 fully saturated rings. The monoisotopic (exact) mass is 442 g/mol. The first-order chi connectivity index (χ1) is 16.0. The summed E-state index contributed by atoms with van der Waals surface area (Å²) in [5, 5.41) is 7.67. The number of hydrogen-bond donors (Lipinski definition) is 2. The van der Waals surface area contributed by atoms with Gasteiger partial charge in [0.15, 0.2) is 6.61 Å². The fourth-order valence-corrected chi connectivity index (χ4v) is 3.51. The van der Waals surface area contributed by atoms with Crippen molar-refractivity contribution in [2.75, 3.05) is 11.9 Å². The molecule has 2 amide bonds. The summed E-state index contributed by atoms with van der Waals surface area (Å²) in [5.41, 5.74) is 1.36. The van der Waals surface area contributed by atoms with Crippen LogP contribution in [0, 0.1) is 5.82 Å². The lowest BCUT2D eigenvalue weighted by molar-refractivity contribution is -0.118. The number of ether oxygens (including phenoxy) is 1. The Balaban J connectivity index is 1.42. The Morgan fingerprint density at radius 2 is 1.58 bits per heavy atom. The lowest BCUT2D eigenvalue weighted by Crippen LogP contribution is -2.28. The van der Waals surface area contributed by atoms with Gasteiger partial charge in [-0.25, -0.2) is 4.39 Å². The molecule has 4 aromatic carbocycles. The number of anilines is 1. The second kappa shape index (κ2) is 9.96. The molecule has 0 heterocycles. The van der Waals surface area contributed by atoms with E-state index >= 15 is 0 Å². The molecule has 4 aromatic rings. The molecule has 0 aliphatic carbocycles. The Bertz CT molecular complexity index is 1310. The predicted octanol–water partition coefficient (Wildman–Crippen LogP) is 5.49. The molecule has 166 valence electrons. The van der Waals surface area contributed by atoms with Crippen LogP contribution in [0.3, 0.4) is 0 Å². The van der Waals surface area contributed by atoms with Crippen molar-refractivity contribution in [3.8, 4) is 5.75 Å². The quantitative estimate of drug-likeness (QED) is 0.398. The zero-order valence-electron chi connectivity index (χ0n) is 18.0. The molecule has 33 heavy (non-hydrogen) atoms. The van der Waals surface area contributed by atoms with Crippen LogP contribution in [-0.2, 0) is 4.79 Å². The van der Waals surface area contributed by atoms with Gasteiger partial charge < -0.3 is 15.4 Å². The highest BCUT2D eigenvalue weighted by Gasteiger charge is 2.17. The van der Waals surface area contributed by atoms with Gasteiger partial charge in [0.05, 0.1) is 17.3 Å². The maximum absolute atomic E-state index is 13.7. The summed E-state index contributed by atoms with van der Waals surface area (Å²) in [5.74, 6) is -1.11. The van der Waals surface area contributed by atoms with Crippen LogP contribution in [0.4, 0.5) is 10.1 Å². The molecule has 1 unspecified atom stereocenters. The summed E-state index contributed by atoms with van der Waals surface area (Å²) < 4.78 is 19.3. The lowest BCUT2D eigenvalue weighted by Gasteiger charge is -2.17. The van der Waals surface area contributed by atoms with E-state index in [1.165, 1.54) is 18.2 Å². The van der Waals surface area contributed by atoms with Crippen molar-refractivity contribution < 1.29 is 18.7 Å². The molecule has 0 aliphatic heterocycles. The number of carbonyl (C=O) groups excluding carboxylic acids is 2. The minimum Gasteiger partial charge on any atom is -0.483 e. The fourth-order valence-electron chi connectivity index (χ4n) is 3.51. The molecule has 0 aliphatic rings. The summed E-state index contributed by atoms with van der Waals surface area (Å²) in [6.45, 7) is 1.55. The first-order valence-corrected chi connectivity index (χ1v) is 10.6. The fraction of sp³-hybridized carbons (Fsp3) is 0.111. The second-order valence-electron chi connectivity index (χ2n) is 7.61. The molecule has 0 aromatic heterocycles.